The number of carboxylic acid groups (broad SMARTS) is 1. The Labute approximate surface area is 115 Å². The number of hydrogen-bond acceptors (Lipinski definition) is 2. The van der Waals surface area contributed by atoms with Crippen molar-refractivity contribution >= 4 is 12.0 Å². The minimum Gasteiger partial charge on any atom is -0.481 e. The first kappa shape index (κ1) is 15.8. The number of carbonyl (C=O) groups excluding carboxylic acids is 1. The van der Waals surface area contributed by atoms with Gasteiger partial charge in [-0.25, -0.2) is 4.79 Å². The molecule has 0 aromatic carbocycles. The molecule has 0 aliphatic heterocycles. The number of rotatable bonds is 8. The first-order valence-corrected chi connectivity index (χ1v) is 7.19. The molecule has 19 heavy (non-hydrogen) atoms. The van der Waals surface area contributed by atoms with Gasteiger partial charge in [0.05, 0.1) is 0 Å². The minimum atomic E-state index is -0.819. The van der Waals surface area contributed by atoms with Crippen molar-refractivity contribution in [2.45, 2.75) is 65.0 Å². The molecule has 0 bridgehead atoms. The maximum absolute atomic E-state index is 12.2. The molecule has 0 radical (unpaired) electrons. The highest BCUT2D eigenvalue weighted by molar-refractivity contribution is 5.75. The van der Waals surface area contributed by atoms with Crippen molar-refractivity contribution in [3.05, 3.63) is 0 Å². The van der Waals surface area contributed by atoms with Gasteiger partial charge in [-0.2, -0.15) is 0 Å². The van der Waals surface area contributed by atoms with Crippen LogP contribution >= 0.6 is 0 Å². The maximum atomic E-state index is 12.2. The van der Waals surface area contributed by atoms with Crippen molar-refractivity contribution in [2.75, 3.05) is 6.54 Å². The van der Waals surface area contributed by atoms with Gasteiger partial charge in [0, 0.05) is 25.0 Å². The fourth-order valence-electron chi connectivity index (χ4n) is 1.94. The van der Waals surface area contributed by atoms with Crippen LogP contribution in [-0.4, -0.2) is 40.6 Å². The van der Waals surface area contributed by atoms with Crippen molar-refractivity contribution in [3.8, 4) is 0 Å². The third-order valence-corrected chi connectivity index (χ3v) is 3.36. The maximum Gasteiger partial charge on any atom is 0.317 e. The van der Waals surface area contributed by atoms with E-state index in [0.29, 0.717) is 18.4 Å². The van der Waals surface area contributed by atoms with E-state index in [1.54, 1.807) is 0 Å². The van der Waals surface area contributed by atoms with Crippen molar-refractivity contribution in [2.24, 2.45) is 5.92 Å². The van der Waals surface area contributed by atoms with Gasteiger partial charge in [-0.15, -0.1) is 0 Å². The summed E-state index contributed by atoms with van der Waals surface area (Å²) in [5, 5.41) is 11.5. The van der Waals surface area contributed by atoms with Gasteiger partial charge >= 0.3 is 12.0 Å². The molecule has 5 heteroatoms. The second kappa shape index (κ2) is 7.36. The monoisotopic (exact) mass is 270 g/mol. The predicted octanol–water partition coefficient (Wildman–Crippen LogP) is 2.46. The Hall–Kier alpha value is -1.26. The normalized spacial score (nSPS) is 16.2. The van der Waals surface area contributed by atoms with E-state index in [2.05, 4.69) is 19.2 Å². The molecule has 110 valence electrons. The molecule has 0 aromatic rings. The third-order valence-electron chi connectivity index (χ3n) is 3.36. The van der Waals surface area contributed by atoms with Gasteiger partial charge in [-0.1, -0.05) is 13.8 Å². The van der Waals surface area contributed by atoms with Crippen molar-refractivity contribution in [1.29, 1.82) is 0 Å². The molecule has 2 N–H and O–H groups in total. The first-order chi connectivity index (χ1) is 8.90. The predicted molar refractivity (Wildman–Crippen MR) is 74.0 cm³/mol. The van der Waals surface area contributed by atoms with E-state index in [0.717, 1.165) is 25.8 Å². The zero-order valence-corrected chi connectivity index (χ0v) is 12.2. The quantitative estimate of drug-likeness (QED) is 0.712. The molecule has 0 aromatic heterocycles. The van der Waals surface area contributed by atoms with Crippen LogP contribution in [0.5, 0.6) is 0 Å². The summed E-state index contributed by atoms with van der Waals surface area (Å²) in [6.45, 7) is 6.95. The van der Waals surface area contributed by atoms with Gasteiger partial charge < -0.3 is 15.3 Å². The average Bonchev–Trinajstić information content (AvgIpc) is 3.10. The smallest absolute Gasteiger partial charge is 0.317 e. The highest BCUT2D eigenvalue weighted by Crippen LogP contribution is 2.27. The van der Waals surface area contributed by atoms with Gasteiger partial charge in [0.2, 0.25) is 0 Å². The molecular weight excluding hydrogens is 244 g/mol. The highest BCUT2D eigenvalue weighted by Gasteiger charge is 2.32. The summed E-state index contributed by atoms with van der Waals surface area (Å²) in [4.78, 5) is 24.6. The molecule has 1 aliphatic rings. The lowest BCUT2D eigenvalue weighted by molar-refractivity contribution is -0.137. The molecule has 0 heterocycles. The molecule has 1 fully saturated rings. The van der Waals surface area contributed by atoms with Gasteiger partial charge in [0.1, 0.15) is 0 Å². The Morgan fingerprint density at radius 2 is 1.89 bits per heavy atom. The Morgan fingerprint density at radius 1 is 1.26 bits per heavy atom. The van der Waals surface area contributed by atoms with Crippen LogP contribution < -0.4 is 5.32 Å². The Balaban J connectivity index is 2.36. The van der Waals surface area contributed by atoms with E-state index < -0.39 is 5.97 Å². The fraction of sp³-hybridized carbons (Fsp3) is 0.857. The van der Waals surface area contributed by atoms with E-state index in [1.807, 2.05) is 11.8 Å². The summed E-state index contributed by atoms with van der Waals surface area (Å²) >= 11 is 0. The summed E-state index contributed by atoms with van der Waals surface area (Å²) < 4.78 is 0. The van der Waals surface area contributed by atoms with Crippen LogP contribution in [0.4, 0.5) is 4.79 Å². The second-order valence-corrected chi connectivity index (χ2v) is 5.89. The number of nitrogens with zero attached hydrogens (tertiary/aromatic N) is 1. The van der Waals surface area contributed by atoms with Crippen LogP contribution in [-0.2, 0) is 4.79 Å². The fourth-order valence-corrected chi connectivity index (χ4v) is 1.94. The van der Waals surface area contributed by atoms with Crippen LogP contribution in [0.2, 0.25) is 0 Å². The number of carbonyl (C=O) groups is 2. The van der Waals surface area contributed by atoms with E-state index in [4.69, 9.17) is 5.11 Å². The first-order valence-electron chi connectivity index (χ1n) is 7.19. The summed E-state index contributed by atoms with van der Waals surface area (Å²) in [7, 11) is 0. The van der Waals surface area contributed by atoms with Crippen LogP contribution in [0.3, 0.4) is 0 Å². The van der Waals surface area contributed by atoms with Crippen molar-refractivity contribution in [1.82, 2.24) is 10.2 Å². The summed E-state index contributed by atoms with van der Waals surface area (Å²) in [6.07, 6.45) is 3.76. The zero-order valence-electron chi connectivity index (χ0n) is 12.2. The van der Waals surface area contributed by atoms with Crippen LogP contribution in [0.1, 0.15) is 52.9 Å². The average molecular weight is 270 g/mol. The molecule has 1 saturated carbocycles. The summed E-state index contributed by atoms with van der Waals surface area (Å²) in [5.41, 5.74) is 0. The van der Waals surface area contributed by atoms with Gasteiger partial charge in [0.15, 0.2) is 0 Å². The van der Waals surface area contributed by atoms with Gasteiger partial charge in [-0.05, 0) is 38.5 Å². The lowest BCUT2D eigenvalue weighted by Crippen LogP contribution is -2.45. The van der Waals surface area contributed by atoms with Crippen LogP contribution in [0.25, 0.3) is 0 Å². The molecule has 0 saturated heterocycles. The topological polar surface area (TPSA) is 69.6 Å². The minimum absolute atomic E-state index is 0.0407. The molecule has 2 amide bonds. The van der Waals surface area contributed by atoms with E-state index >= 15 is 0 Å². The van der Waals surface area contributed by atoms with Crippen molar-refractivity contribution in [3.63, 3.8) is 0 Å². The summed E-state index contributed by atoms with van der Waals surface area (Å²) in [5.74, 6) is -0.238. The molecular formula is C14H26N2O3. The van der Waals surface area contributed by atoms with Crippen LogP contribution in [0.15, 0.2) is 0 Å². The number of hydrogen-bond donors (Lipinski definition) is 2. The van der Waals surface area contributed by atoms with Crippen LogP contribution in [0, 0.1) is 5.92 Å². The molecule has 1 rings (SSSR count). The SMILES string of the molecule is CC(C)CCN(C(=O)NC(C)CCC(=O)O)C1CC1. The summed E-state index contributed by atoms with van der Waals surface area (Å²) in [6, 6.07) is 0.260. The number of nitrogens with one attached hydrogen (secondary N) is 1. The molecule has 1 aliphatic carbocycles. The van der Waals surface area contributed by atoms with Crippen molar-refractivity contribution < 1.29 is 14.7 Å². The number of carboxylic acids is 1. The number of aliphatic carboxylic acids is 1. The Morgan fingerprint density at radius 3 is 2.37 bits per heavy atom. The molecule has 5 nitrogen and oxygen atoms in total. The number of amides is 2. The molecule has 1 unspecified atom stereocenters. The molecule has 1 atom stereocenters. The second-order valence-electron chi connectivity index (χ2n) is 5.89. The third kappa shape index (κ3) is 6.45. The van der Waals surface area contributed by atoms with E-state index in [9.17, 15) is 9.59 Å². The van der Waals surface area contributed by atoms with Gasteiger partial charge in [0.25, 0.3) is 0 Å². The van der Waals surface area contributed by atoms with E-state index in [1.165, 1.54) is 0 Å². The number of urea groups is 1. The highest BCUT2D eigenvalue weighted by atomic mass is 16.4. The zero-order chi connectivity index (χ0) is 14.4. The van der Waals surface area contributed by atoms with E-state index in [-0.39, 0.29) is 18.5 Å². The Bertz CT molecular complexity index is 314. The lowest BCUT2D eigenvalue weighted by Gasteiger charge is -2.25. The standard InChI is InChI=1S/C14H26N2O3/c1-10(2)8-9-16(12-5-6-12)14(19)15-11(3)4-7-13(17)18/h10-12H,4-9H2,1-3H3,(H,15,19)(H,17,18). The lowest BCUT2D eigenvalue weighted by atomic mass is 10.1. The Kier molecular flexibility index (Phi) is 6.12. The van der Waals surface area contributed by atoms with Gasteiger partial charge in [-0.3, -0.25) is 4.79 Å². The largest absolute Gasteiger partial charge is 0.481 e. The molecule has 0 spiro atoms.